The van der Waals surface area contributed by atoms with Gasteiger partial charge < -0.3 is 4.74 Å². The second-order valence-corrected chi connectivity index (χ2v) is 6.19. The first-order valence-electron chi connectivity index (χ1n) is 6.41. The number of ether oxygens (including phenoxy) is 1. The van der Waals surface area contributed by atoms with Gasteiger partial charge in [-0.25, -0.2) is 0 Å². The number of amides is 2. The van der Waals surface area contributed by atoms with Crippen LogP contribution in [-0.4, -0.2) is 35.5 Å². The van der Waals surface area contributed by atoms with Crippen LogP contribution in [0.15, 0.2) is 34.8 Å². The van der Waals surface area contributed by atoms with Crippen molar-refractivity contribution >= 4 is 62.8 Å². The lowest BCUT2D eigenvalue weighted by Crippen LogP contribution is -2.53. The Morgan fingerprint density at radius 3 is 2.74 bits per heavy atom. The summed E-state index contributed by atoms with van der Waals surface area (Å²) < 4.78 is 5.76. The Morgan fingerprint density at radius 2 is 2.17 bits per heavy atom. The van der Waals surface area contributed by atoms with Gasteiger partial charge in [0.15, 0.2) is 10.9 Å². The van der Waals surface area contributed by atoms with Crippen LogP contribution in [0, 0.1) is 0 Å². The van der Waals surface area contributed by atoms with Gasteiger partial charge in [0, 0.05) is 6.54 Å². The fraction of sp³-hybridized carbons (Fsp3) is 0.133. The summed E-state index contributed by atoms with van der Waals surface area (Å²) >= 11 is 14.4. The average molecular weight is 416 g/mol. The number of methoxy groups -OCH3 is 1. The molecule has 0 aliphatic carbocycles. The molecule has 0 atom stereocenters. The van der Waals surface area contributed by atoms with Gasteiger partial charge in [0.2, 0.25) is 0 Å². The fourth-order valence-corrected chi connectivity index (χ4v) is 3.32. The number of halogens is 2. The molecule has 0 aromatic heterocycles. The Kier molecular flexibility index (Phi) is 5.56. The Hall–Kier alpha value is -1.70. The zero-order valence-corrected chi connectivity index (χ0v) is 15.2. The van der Waals surface area contributed by atoms with Crippen molar-refractivity contribution < 1.29 is 14.3 Å². The van der Waals surface area contributed by atoms with Crippen LogP contribution >= 0.6 is 39.7 Å². The van der Waals surface area contributed by atoms with E-state index >= 15 is 0 Å². The minimum Gasteiger partial charge on any atom is -0.494 e. The number of nitrogens with zero attached hydrogens (tertiary/aromatic N) is 1. The van der Waals surface area contributed by atoms with E-state index in [1.54, 1.807) is 12.1 Å². The molecule has 0 unspecified atom stereocenters. The van der Waals surface area contributed by atoms with Crippen molar-refractivity contribution in [3.8, 4) is 5.75 Å². The van der Waals surface area contributed by atoms with Gasteiger partial charge in [-0.05, 0) is 51.9 Å². The third kappa shape index (κ3) is 3.63. The Labute approximate surface area is 152 Å². The maximum absolute atomic E-state index is 12.4. The highest BCUT2D eigenvalue weighted by atomic mass is 79.9. The van der Waals surface area contributed by atoms with Crippen molar-refractivity contribution in [2.75, 3.05) is 13.7 Å². The normalized spacial score (nSPS) is 16.6. The molecular weight excluding hydrogens is 404 g/mol. The van der Waals surface area contributed by atoms with Crippen LogP contribution in [0.4, 0.5) is 0 Å². The zero-order chi connectivity index (χ0) is 17.1. The molecule has 8 heteroatoms. The molecule has 1 fully saturated rings. The number of benzene rings is 1. The lowest BCUT2D eigenvalue weighted by Gasteiger charge is -2.27. The van der Waals surface area contributed by atoms with Crippen molar-refractivity contribution in [2.24, 2.45) is 0 Å². The molecule has 5 nitrogen and oxygen atoms in total. The molecule has 2 amide bonds. The molecular formula is C15H12BrClN2O3S. The number of thiocarbonyl (C=S) groups is 1. The van der Waals surface area contributed by atoms with E-state index in [1.165, 1.54) is 24.2 Å². The number of rotatable bonds is 4. The number of nitrogens with one attached hydrogen (secondary N) is 1. The van der Waals surface area contributed by atoms with Gasteiger partial charge in [-0.3, -0.25) is 19.8 Å². The molecule has 1 aromatic rings. The van der Waals surface area contributed by atoms with E-state index in [9.17, 15) is 9.59 Å². The lowest BCUT2D eigenvalue weighted by atomic mass is 10.1. The van der Waals surface area contributed by atoms with Gasteiger partial charge in [-0.2, -0.15) is 0 Å². The molecule has 1 heterocycles. The van der Waals surface area contributed by atoms with Crippen molar-refractivity contribution in [1.82, 2.24) is 10.2 Å². The van der Waals surface area contributed by atoms with Gasteiger partial charge in [-0.15, -0.1) is 6.58 Å². The van der Waals surface area contributed by atoms with Crippen molar-refractivity contribution in [3.63, 3.8) is 0 Å². The fourth-order valence-electron chi connectivity index (χ4n) is 2.01. The molecule has 23 heavy (non-hydrogen) atoms. The minimum absolute atomic E-state index is 0.0337. The summed E-state index contributed by atoms with van der Waals surface area (Å²) in [7, 11) is 1.50. The second-order valence-electron chi connectivity index (χ2n) is 4.54. The van der Waals surface area contributed by atoms with Gasteiger partial charge in [0.25, 0.3) is 11.8 Å². The highest BCUT2D eigenvalue weighted by Gasteiger charge is 2.32. The summed E-state index contributed by atoms with van der Waals surface area (Å²) in [6.45, 7) is 3.78. The first-order chi connectivity index (χ1) is 10.9. The van der Waals surface area contributed by atoms with Crippen LogP contribution in [0.25, 0.3) is 6.08 Å². The Balaban J connectivity index is 2.45. The summed E-state index contributed by atoms with van der Waals surface area (Å²) in [5.74, 6) is -0.562. The molecule has 1 saturated heterocycles. The number of carbonyl (C=O) groups is 2. The molecule has 0 spiro atoms. The van der Waals surface area contributed by atoms with Crippen molar-refractivity contribution in [2.45, 2.75) is 0 Å². The van der Waals surface area contributed by atoms with Crippen LogP contribution in [-0.2, 0) is 9.59 Å². The predicted octanol–water partition coefficient (Wildman–Crippen LogP) is 2.92. The van der Waals surface area contributed by atoms with Crippen LogP contribution in [0.1, 0.15) is 5.56 Å². The van der Waals surface area contributed by atoms with Crippen molar-refractivity contribution in [3.05, 3.63) is 45.4 Å². The standard InChI is InChI=1S/C15H12BrClN2O3S/c1-3-4-19-14(21)9(13(20)18-15(19)23)5-8-6-10(16)12(22-2)11(17)7-8/h3,5-7H,1,4H2,2H3,(H,18,20,23)/b9-5-. The molecule has 120 valence electrons. The topological polar surface area (TPSA) is 58.6 Å². The average Bonchev–Trinajstić information content (AvgIpc) is 2.47. The van der Waals surface area contributed by atoms with Gasteiger partial charge in [0.05, 0.1) is 16.6 Å². The van der Waals surface area contributed by atoms with E-state index in [0.717, 1.165) is 0 Å². The minimum atomic E-state index is -0.552. The third-order valence-corrected chi connectivity index (χ3v) is 4.23. The molecule has 0 saturated carbocycles. The molecule has 1 aliphatic rings. The molecule has 0 bridgehead atoms. The van der Waals surface area contributed by atoms with E-state index in [1.807, 2.05) is 0 Å². The van der Waals surface area contributed by atoms with Crippen LogP contribution in [0.5, 0.6) is 5.75 Å². The van der Waals surface area contributed by atoms with Crippen LogP contribution in [0.2, 0.25) is 5.02 Å². The van der Waals surface area contributed by atoms with Gasteiger partial charge in [-0.1, -0.05) is 17.7 Å². The van der Waals surface area contributed by atoms with Crippen LogP contribution < -0.4 is 10.1 Å². The monoisotopic (exact) mass is 414 g/mol. The van der Waals surface area contributed by atoms with E-state index < -0.39 is 11.8 Å². The maximum Gasteiger partial charge on any atom is 0.265 e. The summed E-state index contributed by atoms with van der Waals surface area (Å²) in [6.07, 6.45) is 2.98. The highest BCUT2D eigenvalue weighted by Crippen LogP contribution is 2.34. The summed E-state index contributed by atoms with van der Waals surface area (Å²) in [5, 5.41) is 2.90. The van der Waals surface area contributed by atoms with E-state index in [4.69, 9.17) is 28.6 Å². The largest absolute Gasteiger partial charge is 0.494 e. The zero-order valence-electron chi connectivity index (χ0n) is 12.1. The third-order valence-electron chi connectivity index (χ3n) is 3.03. The number of hydrogen-bond donors (Lipinski definition) is 1. The molecule has 2 rings (SSSR count). The van der Waals surface area contributed by atoms with E-state index in [2.05, 4.69) is 27.8 Å². The predicted molar refractivity (Wildman–Crippen MR) is 96.3 cm³/mol. The number of carbonyl (C=O) groups excluding carboxylic acids is 2. The maximum atomic E-state index is 12.4. The van der Waals surface area contributed by atoms with Crippen molar-refractivity contribution in [1.29, 1.82) is 0 Å². The summed E-state index contributed by atoms with van der Waals surface area (Å²) in [5.41, 5.74) is 0.543. The smallest absolute Gasteiger partial charge is 0.265 e. The Bertz CT molecular complexity index is 725. The number of hydrogen-bond acceptors (Lipinski definition) is 4. The molecule has 1 aromatic carbocycles. The first-order valence-corrected chi connectivity index (χ1v) is 7.99. The van der Waals surface area contributed by atoms with Crippen LogP contribution in [0.3, 0.4) is 0 Å². The lowest BCUT2D eigenvalue weighted by molar-refractivity contribution is -0.128. The van der Waals surface area contributed by atoms with Gasteiger partial charge in [0.1, 0.15) is 5.57 Å². The quantitative estimate of drug-likeness (QED) is 0.355. The van der Waals surface area contributed by atoms with E-state index in [-0.39, 0.29) is 17.2 Å². The first kappa shape index (κ1) is 17.7. The van der Waals surface area contributed by atoms with Gasteiger partial charge >= 0.3 is 0 Å². The van der Waals surface area contributed by atoms with E-state index in [0.29, 0.717) is 20.8 Å². The molecule has 1 N–H and O–H groups in total. The molecule has 0 radical (unpaired) electrons. The molecule has 1 aliphatic heterocycles. The summed E-state index contributed by atoms with van der Waals surface area (Å²) in [4.78, 5) is 25.7. The summed E-state index contributed by atoms with van der Waals surface area (Å²) in [6, 6.07) is 3.30. The highest BCUT2D eigenvalue weighted by molar-refractivity contribution is 9.10. The Morgan fingerprint density at radius 1 is 1.48 bits per heavy atom. The second kappa shape index (κ2) is 7.25. The SMILES string of the molecule is C=CCN1C(=O)/C(=C\c2cc(Cl)c(OC)c(Br)c2)C(=O)NC1=S.